The maximum atomic E-state index is 12.7. The summed E-state index contributed by atoms with van der Waals surface area (Å²) in [4.78, 5) is 2.94. The van der Waals surface area contributed by atoms with Crippen LogP contribution in [0.15, 0.2) is 29.2 Å². The smallest absolute Gasteiger partial charge is 0.243 e. The average molecular weight is 308 g/mol. The van der Waals surface area contributed by atoms with Crippen molar-refractivity contribution < 1.29 is 8.42 Å². The number of nitrogens with zero attached hydrogens (tertiary/aromatic N) is 2. The van der Waals surface area contributed by atoms with Crippen molar-refractivity contribution in [2.45, 2.75) is 43.5 Å². The maximum Gasteiger partial charge on any atom is 0.243 e. The highest BCUT2D eigenvalue weighted by atomic mass is 32.2. The SMILES string of the molecule is Cc1ccccc1S(=O)(=O)N1CCN(C2CCCC2)CC1. The molecule has 1 saturated carbocycles. The van der Waals surface area contributed by atoms with Crippen LogP contribution in [-0.4, -0.2) is 49.8 Å². The lowest BCUT2D eigenvalue weighted by atomic mass is 10.2. The first-order valence-electron chi connectivity index (χ1n) is 7.89. The molecule has 0 aromatic heterocycles. The highest BCUT2D eigenvalue weighted by Gasteiger charge is 2.32. The molecule has 4 nitrogen and oxygen atoms in total. The molecule has 1 aliphatic heterocycles. The molecule has 0 N–H and O–H groups in total. The van der Waals surface area contributed by atoms with Gasteiger partial charge in [-0.2, -0.15) is 4.31 Å². The molecule has 0 unspecified atom stereocenters. The Balaban J connectivity index is 1.70. The van der Waals surface area contributed by atoms with E-state index >= 15 is 0 Å². The summed E-state index contributed by atoms with van der Waals surface area (Å²) >= 11 is 0. The topological polar surface area (TPSA) is 40.6 Å². The van der Waals surface area contributed by atoms with Crippen LogP contribution in [0.4, 0.5) is 0 Å². The van der Waals surface area contributed by atoms with E-state index < -0.39 is 10.0 Å². The molecule has 3 rings (SSSR count). The third-order valence-electron chi connectivity index (χ3n) is 4.83. The van der Waals surface area contributed by atoms with E-state index in [1.165, 1.54) is 25.7 Å². The summed E-state index contributed by atoms with van der Waals surface area (Å²) < 4.78 is 27.1. The fraction of sp³-hybridized carbons (Fsp3) is 0.625. The van der Waals surface area contributed by atoms with Crippen LogP contribution in [0.2, 0.25) is 0 Å². The van der Waals surface area contributed by atoms with Crippen LogP contribution >= 0.6 is 0 Å². The van der Waals surface area contributed by atoms with Gasteiger partial charge in [0, 0.05) is 32.2 Å². The van der Waals surface area contributed by atoms with Crippen molar-refractivity contribution in [1.29, 1.82) is 0 Å². The molecule has 0 atom stereocenters. The van der Waals surface area contributed by atoms with Gasteiger partial charge in [-0.25, -0.2) is 8.42 Å². The second-order valence-electron chi connectivity index (χ2n) is 6.14. The van der Waals surface area contributed by atoms with Crippen molar-refractivity contribution in [3.8, 4) is 0 Å². The quantitative estimate of drug-likeness (QED) is 0.860. The molecule has 2 fully saturated rings. The summed E-state index contributed by atoms with van der Waals surface area (Å²) in [6.45, 7) is 4.84. The van der Waals surface area contributed by atoms with E-state index in [1.807, 2.05) is 19.1 Å². The predicted molar refractivity (Wildman–Crippen MR) is 83.8 cm³/mol. The molecule has 2 aliphatic rings. The Morgan fingerprint density at radius 2 is 1.62 bits per heavy atom. The van der Waals surface area contributed by atoms with Crippen LogP contribution in [0, 0.1) is 6.92 Å². The maximum absolute atomic E-state index is 12.7. The van der Waals surface area contributed by atoms with Crippen molar-refractivity contribution >= 4 is 10.0 Å². The van der Waals surface area contributed by atoms with Crippen molar-refractivity contribution in [2.75, 3.05) is 26.2 Å². The minimum absolute atomic E-state index is 0.458. The number of rotatable bonds is 3. The third-order valence-corrected chi connectivity index (χ3v) is 6.88. The predicted octanol–water partition coefficient (Wildman–Crippen LogP) is 2.24. The lowest BCUT2D eigenvalue weighted by Gasteiger charge is -2.37. The van der Waals surface area contributed by atoms with Crippen LogP contribution in [0.1, 0.15) is 31.2 Å². The summed E-state index contributed by atoms with van der Waals surface area (Å²) in [7, 11) is -3.33. The molecular weight excluding hydrogens is 284 g/mol. The second kappa shape index (κ2) is 6.07. The Morgan fingerprint density at radius 1 is 1.00 bits per heavy atom. The molecule has 0 bridgehead atoms. The van der Waals surface area contributed by atoms with Gasteiger partial charge in [0.05, 0.1) is 4.90 Å². The van der Waals surface area contributed by atoms with E-state index in [-0.39, 0.29) is 0 Å². The molecule has 0 radical (unpaired) electrons. The van der Waals surface area contributed by atoms with Gasteiger partial charge in [0.25, 0.3) is 0 Å². The highest BCUT2D eigenvalue weighted by molar-refractivity contribution is 7.89. The Morgan fingerprint density at radius 3 is 2.24 bits per heavy atom. The Labute approximate surface area is 127 Å². The highest BCUT2D eigenvalue weighted by Crippen LogP contribution is 2.26. The molecule has 1 saturated heterocycles. The van der Waals surface area contributed by atoms with Crippen LogP contribution in [0.3, 0.4) is 0 Å². The lowest BCUT2D eigenvalue weighted by Crippen LogP contribution is -2.51. The van der Waals surface area contributed by atoms with E-state index in [9.17, 15) is 8.42 Å². The number of hydrogen-bond acceptors (Lipinski definition) is 3. The largest absolute Gasteiger partial charge is 0.298 e. The van der Waals surface area contributed by atoms with E-state index in [0.29, 0.717) is 24.0 Å². The van der Waals surface area contributed by atoms with E-state index in [2.05, 4.69) is 4.90 Å². The van der Waals surface area contributed by atoms with Crippen LogP contribution < -0.4 is 0 Å². The van der Waals surface area contributed by atoms with Gasteiger partial charge in [-0.1, -0.05) is 31.0 Å². The number of piperazine rings is 1. The molecule has 1 aromatic carbocycles. The monoisotopic (exact) mass is 308 g/mol. The summed E-state index contributed by atoms with van der Waals surface area (Å²) in [5.41, 5.74) is 0.829. The number of aryl methyl sites for hydroxylation is 1. The van der Waals surface area contributed by atoms with Crippen LogP contribution in [-0.2, 0) is 10.0 Å². The first kappa shape index (κ1) is 15.0. The van der Waals surface area contributed by atoms with Gasteiger partial charge in [0.15, 0.2) is 0 Å². The van der Waals surface area contributed by atoms with Crippen LogP contribution in [0.25, 0.3) is 0 Å². The van der Waals surface area contributed by atoms with Crippen molar-refractivity contribution in [1.82, 2.24) is 9.21 Å². The molecule has 116 valence electrons. The molecule has 1 aromatic rings. The van der Waals surface area contributed by atoms with E-state index in [4.69, 9.17) is 0 Å². The van der Waals surface area contributed by atoms with Gasteiger partial charge in [-0.3, -0.25) is 4.90 Å². The minimum Gasteiger partial charge on any atom is -0.298 e. The molecule has 1 heterocycles. The standard InChI is InChI=1S/C16H24N2O2S/c1-14-6-2-5-9-16(14)21(19,20)18-12-10-17(11-13-18)15-7-3-4-8-15/h2,5-6,9,15H,3-4,7-8,10-13H2,1H3. The zero-order valence-electron chi connectivity index (χ0n) is 12.7. The van der Waals surface area contributed by atoms with E-state index in [0.717, 1.165) is 18.7 Å². The normalized spacial score (nSPS) is 22.7. The summed E-state index contributed by atoms with van der Waals surface area (Å²) in [6.07, 6.45) is 5.22. The summed E-state index contributed by atoms with van der Waals surface area (Å²) in [5.74, 6) is 0. The molecule has 21 heavy (non-hydrogen) atoms. The fourth-order valence-electron chi connectivity index (χ4n) is 3.56. The van der Waals surface area contributed by atoms with Gasteiger partial charge in [0.1, 0.15) is 0 Å². The summed E-state index contributed by atoms with van der Waals surface area (Å²) in [6, 6.07) is 7.95. The molecular formula is C16H24N2O2S. The van der Waals surface area contributed by atoms with Crippen molar-refractivity contribution in [3.05, 3.63) is 29.8 Å². The Kier molecular flexibility index (Phi) is 4.33. The van der Waals surface area contributed by atoms with Crippen LogP contribution in [0.5, 0.6) is 0 Å². The number of hydrogen-bond donors (Lipinski definition) is 0. The van der Waals surface area contributed by atoms with Crippen molar-refractivity contribution in [3.63, 3.8) is 0 Å². The van der Waals surface area contributed by atoms with Gasteiger partial charge < -0.3 is 0 Å². The van der Waals surface area contributed by atoms with Gasteiger partial charge >= 0.3 is 0 Å². The zero-order chi connectivity index (χ0) is 14.9. The average Bonchev–Trinajstić information content (AvgIpc) is 3.02. The fourth-order valence-corrected chi connectivity index (χ4v) is 5.21. The summed E-state index contributed by atoms with van der Waals surface area (Å²) in [5, 5.41) is 0. The first-order chi connectivity index (χ1) is 10.1. The molecule has 0 amide bonds. The second-order valence-corrected chi connectivity index (χ2v) is 8.05. The molecule has 1 aliphatic carbocycles. The molecule has 0 spiro atoms. The number of benzene rings is 1. The molecule has 5 heteroatoms. The van der Waals surface area contributed by atoms with E-state index in [1.54, 1.807) is 16.4 Å². The number of sulfonamides is 1. The van der Waals surface area contributed by atoms with Gasteiger partial charge in [-0.05, 0) is 31.4 Å². The first-order valence-corrected chi connectivity index (χ1v) is 9.33. The Bertz CT molecular complexity index is 586. The third kappa shape index (κ3) is 3.00. The van der Waals surface area contributed by atoms with Gasteiger partial charge in [0.2, 0.25) is 10.0 Å². The zero-order valence-corrected chi connectivity index (χ0v) is 13.5. The van der Waals surface area contributed by atoms with Gasteiger partial charge in [-0.15, -0.1) is 0 Å². The van der Waals surface area contributed by atoms with Crippen molar-refractivity contribution in [2.24, 2.45) is 0 Å². The Hall–Kier alpha value is -0.910. The minimum atomic E-state index is -3.33. The lowest BCUT2D eigenvalue weighted by molar-refractivity contribution is 0.139.